The number of Topliss-reactive ketones (excluding diaryl/α,β-unsaturated/α-hetero) is 1. The Balaban J connectivity index is 1.00. The van der Waals surface area contributed by atoms with E-state index in [1.807, 2.05) is 30.3 Å². The maximum Gasteiger partial charge on any atom is 0.428 e. The number of allylic oxidation sites excluding steroid dienone is 2. The summed E-state index contributed by atoms with van der Waals surface area (Å²) in [5.41, 5.74) is 6.13. The summed E-state index contributed by atoms with van der Waals surface area (Å²) in [6.07, 6.45) is 0. The number of carbonyl (C=O) groups excluding carboxylic acids is 1. The third-order valence-corrected chi connectivity index (χ3v) is 12.9. The van der Waals surface area contributed by atoms with Crippen LogP contribution in [0.4, 0.5) is 17.1 Å². The molecule has 0 saturated heterocycles. The molecule has 0 unspecified atom stereocenters. The highest BCUT2D eigenvalue weighted by molar-refractivity contribution is 6.82. The summed E-state index contributed by atoms with van der Waals surface area (Å²) in [4.78, 5) is 20.2. The van der Waals surface area contributed by atoms with Crippen molar-refractivity contribution in [3.63, 3.8) is 0 Å². The summed E-state index contributed by atoms with van der Waals surface area (Å²) in [5.74, 6) is -0.223. The lowest BCUT2D eigenvalue weighted by atomic mass is 9.63. The first kappa shape index (κ1) is 33.2. The first-order valence-corrected chi connectivity index (χ1v) is 20.4. The predicted octanol–water partition coefficient (Wildman–Crippen LogP) is 8.98. The molecule has 1 aliphatic carbocycles. The van der Waals surface area contributed by atoms with Crippen LogP contribution in [0.15, 0.2) is 181 Å². The second-order valence-electron chi connectivity index (χ2n) is 16.0. The molecule has 2 heterocycles. The fourth-order valence-electron chi connectivity index (χ4n) is 10.2. The van der Waals surface area contributed by atoms with Gasteiger partial charge in [-0.2, -0.15) is 0 Å². The lowest BCUT2D eigenvalue weighted by Crippen LogP contribution is -2.48. The number of hydrogen-bond donors (Lipinski definition) is 4. The predicted molar refractivity (Wildman–Crippen MR) is 251 cm³/mol. The van der Waals surface area contributed by atoms with E-state index in [1.165, 1.54) is 16.2 Å². The summed E-state index contributed by atoms with van der Waals surface area (Å²) < 4.78 is 0. The maximum absolute atomic E-state index is 14.8. The molecule has 0 saturated carbocycles. The molecule has 4 N–H and O–H groups in total. The van der Waals surface area contributed by atoms with Crippen LogP contribution in [0.2, 0.25) is 0 Å². The molecule has 0 bridgehead atoms. The summed E-state index contributed by atoms with van der Waals surface area (Å²) in [5, 5.41) is 38.1. The average molecular weight is 766 g/mol. The third-order valence-electron chi connectivity index (χ3n) is 12.9. The van der Waals surface area contributed by atoms with E-state index in [9.17, 15) is 9.90 Å². The van der Waals surface area contributed by atoms with Gasteiger partial charge in [-0.25, -0.2) is 0 Å². The van der Waals surface area contributed by atoms with Gasteiger partial charge in [0.15, 0.2) is 0 Å². The number of aliphatic hydroxyl groups excluding tert-OH is 1. The van der Waals surface area contributed by atoms with E-state index >= 15 is 0 Å². The number of hydrogen-bond acceptors (Lipinski definition) is 6. The second kappa shape index (κ2) is 12.3. The number of aliphatic hydroxyl groups is 1. The highest BCUT2D eigenvalue weighted by Gasteiger charge is 2.39. The van der Waals surface area contributed by atoms with Gasteiger partial charge in [-0.1, -0.05) is 158 Å². The van der Waals surface area contributed by atoms with E-state index in [4.69, 9.17) is 4.90 Å². The molecule has 6 nitrogen and oxygen atoms in total. The Bertz CT molecular complexity index is 3770. The van der Waals surface area contributed by atoms with Gasteiger partial charge in [0, 0.05) is 38.6 Å². The lowest BCUT2D eigenvalue weighted by molar-refractivity contribution is -0.109. The molecular weight excluding hydrogens is 734 g/mol. The van der Waals surface area contributed by atoms with Crippen molar-refractivity contribution in [1.29, 1.82) is 0 Å². The zero-order valence-corrected chi connectivity index (χ0v) is 32.1. The van der Waals surface area contributed by atoms with Gasteiger partial charge >= 0.3 is 14.0 Å². The minimum atomic E-state index is -0.427. The van der Waals surface area contributed by atoms with Crippen molar-refractivity contribution >= 4 is 124 Å². The zero-order chi connectivity index (χ0) is 39.6. The fourth-order valence-corrected chi connectivity index (χ4v) is 10.2. The quantitative estimate of drug-likeness (QED) is 0.107. The SMILES string of the molecule is O=C1C(c2ccc3cccc4c3c2NB(c2cc3ccccc3c3ccccc23)N4)=C(O)C1=c1ccc2cccc3c2c1=NB(c1cc2ccccc2c2ccccc12)N3. The molecule has 13 rings (SSSR count). The Labute approximate surface area is 344 Å². The van der Waals surface area contributed by atoms with Crippen LogP contribution in [0, 0.1) is 0 Å². The Morgan fingerprint density at radius 3 is 1.70 bits per heavy atom. The lowest BCUT2D eigenvalue weighted by Gasteiger charge is -2.31. The van der Waals surface area contributed by atoms with Crippen molar-refractivity contribution in [2.24, 2.45) is 4.90 Å². The van der Waals surface area contributed by atoms with Crippen LogP contribution >= 0.6 is 0 Å². The summed E-state index contributed by atoms with van der Waals surface area (Å²) in [7, 11) is 0. The number of nitrogens with one attached hydrogen (secondary N) is 3. The first-order valence-electron chi connectivity index (χ1n) is 20.4. The number of fused-ring (bicyclic) bond motifs is 6. The topological polar surface area (TPSA) is 85.8 Å². The van der Waals surface area contributed by atoms with Gasteiger partial charge in [-0.05, 0) is 76.9 Å². The standard InChI is InChI=1S/C52H32B2N4O2/c59-51-47(39-25-23-29-13-9-21-43-45(29)49(39)57-53(55-43)41-27-31-11-1-3-15-33(31)35-17-5-7-19-37(35)41)52(60)48(51)40-26-24-30-14-10-22-44-46(30)50(40)58-54(56-44)42-28-32-12-2-4-16-34(32)36-18-6-8-20-38(36)42/h1-28,55-57,59H. The van der Waals surface area contributed by atoms with E-state index in [1.54, 1.807) is 0 Å². The van der Waals surface area contributed by atoms with Crippen LogP contribution in [0.1, 0.15) is 5.56 Å². The number of ketones is 1. The van der Waals surface area contributed by atoms with Crippen LogP contribution in [-0.2, 0) is 4.79 Å². The molecule has 0 fully saturated rings. The summed E-state index contributed by atoms with van der Waals surface area (Å²) in [6, 6.07) is 58.7. The second-order valence-corrected chi connectivity index (χ2v) is 16.0. The molecule has 10 aromatic carbocycles. The van der Waals surface area contributed by atoms with Crippen molar-refractivity contribution in [3.05, 3.63) is 192 Å². The van der Waals surface area contributed by atoms with Crippen LogP contribution in [0.5, 0.6) is 0 Å². The Morgan fingerprint density at radius 2 is 1.02 bits per heavy atom. The molecular formula is C52H32B2N4O2. The molecule has 0 spiro atoms. The normalized spacial score (nSPS) is 15.4. The van der Waals surface area contributed by atoms with Gasteiger partial charge in [0.25, 0.3) is 0 Å². The van der Waals surface area contributed by atoms with Crippen LogP contribution in [0.3, 0.4) is 0 Å². The molecule has 60 heavy (non-hydrogen) atoms. The van der Waals surface area contributed by atoms with Crippen molar-refractivity contribution in [2.75, 3.05) is 15.7 Å². The molecule has 278 valence electrons. The van der Waals surface area contributed by atoms with Crippen LogP contribution in [0.25, 0.3) is 75.8 Å². The van der Waals surface area contributed by atoms with Gasteiger partial charge in [-0.15, -0.1) is 0 Å². The van der Waals surface area contributed by atoms with Gasteiger partial charge < -0.3 is 25.7 Å². The molecule has 0 aromatic heterocycles. The Hall–Kier alpha value is -7.83. The molecule has 8 heteroatoms. The maximum atomic E-state index is 14.8. The molecule has 3 aliphatic rings. The number of anilines is 3. The van der Waals surface area contributed by atoms with E-state index in [-0.39, 0.29) is 24.1 Å². The van der Waals surface area contributed by atoms with Crippen LogP contribution in [-0.4, -0.2) is 24.9 Å². The van der Waals surface area contributed by atoms with Crippen molar-refractivity contribution in [1.82, 2.24) is 0 Å². The van der Waals surface area contributed by atoms with Crippen molar-refractivity contribution in [2.45, 2.75) is 0 Å². The molecule has 0 amide bonds. The Kier molecular flexibility index (Phi) is 6.82. The van der Waals surface area contributed by atoms with E-state index in [2.05, 4.69) is 155 Å². The highest BCUT2D eigenvalue weighted by atomic mass is 16.3. The summed E-state index contributed by atoms with van der Waals surface area (Å²) in [6.45, 7) is -0.735. The number of nitrogens with zero attached hydrogens (tertiary/aromatic N) is 1. The van der Waals surface area contributed by atoms with Gasteiger partial charge in [0.05, 0.1) is 16.5 Å². The van der Waals surface area contributed by atoms with Crippen molar-refractivity contribution < 1.29 is 9.90 Å². The van der Waals surface area contributed by atoms with Gasteiger partial charge in [-0.3, -0.25) is 4.79 Å². The van der Waals surface area contributed by atoms with E-state index in [0.717, 1.165) is 76.5 Å². The zero-order valence-electron chi connectivity index (χ0n) is 32.1. The summed E-state index contributed by atoms with van der Waals surface area (Å²) >= 11 is 0. The number of benzene rings is 10. The highest BCUT2D eigenvalue weighted by Crippen LogP contribution is 2.45. The number of rotatable bonds is 3. The van der Waals surface area contributed by atoms with Crippen molar-refractivity contribution in [3.8, 4) is 0 Å². The first-order chi connectivity index (χ1) is 29.6. The Morgan fingerprint density at radius 1 is 0.467 bits per heavy atom. The third kappa shape index (κ3) is 4.61. The minimum absolute atomic E-state index is 0.0179. The molecule has 0 atom stereocenters. The number of carbonyl (C=O) groups is 1. The fraction of sp³-hybridized carbons (Fsp3) is 0. The monoisotopic (exact) mass is 766 g/mol. The van der Waals surface area contributed by atoms with Crippen LogP contribution < -0.4 is 37.2 Å². The molecule has 2 aliphatic heterocycles. The van der Waals surface area contributed by atoms with E-state index in [0.29, 0.717) is 21.7 Å². The van der Waals surface area contributed by atoms with Gasteiger partial charge in [0.2, 0.25) is 5.78 Å². The average Bonchev–Trinajstić information content (AvgIpc) is 3.30. The largest absolute Gasteiger partial charge is 0.506 e. The minimum Gasteiger partial charge on any atom is -0.506 e. The van der Waals surface area contributed by atoms with Gasteiger partial charge in [0.1, 0.15) is 5.76 Å². The van der Waals surface area contributed by atoms with E-state index < -0.39 is 6.98 Å². The smallest absolute Gasteiger partial charge is 0.428 e. The molecule has 10 aromatic rings. The molecule has 0 radical (unpaired) electrons.